The number of fused-ring (bicyclic) bond motifs is 1. The number of nitrogens with zero attached hydrogens (tertiary/aromatic N) is 1. The Labute approximate surface area is 217 Å². The Bertz CT molecular complexity index is 1370. The maximum Gasteiger partial charge on any atom is 0.264 e. The third-order valence-corrected chi connectivity index (χ3v) is 7.59. The predicted octanol–water partition coefficient (Wildman–Crippen LogP) is 3.47. The molecule has 196 valence electrons. The number of nitrogens with one attached hydrogen (secondary N) is 1. The number of hydrogen-bond acceptors (Lipinski definition) is 7. The van der Waals surface area contributed by atoms with E-state index >= 15 is 0 Å². The number of benzene rings is 3. The van der Waals surface area contributed by atoms with Crippen LogP contribution in [-0.4, -0.2) is 54.3 Å². The van der Waals surface area contributed by atoms with Crippen molar-refractivity contribution in [2.45, 2.75) is 24.8 Å². The van der Waals surface area contributed by atoms with Crippen molar-refractivity contribution in [3.63, 3.8) is 0 Å². The first-order valence-corrected chi connectivity index (χ1v) is 13.1. The Morgan fingerprint density at radius 1 is 0.973 bits per heavy atom. The van der Waals surface area contributed by atoms with Crippen LogP contribution in [0.1, 0.15) is 11.1 Å². The quantitative estimate of drug-likeness (QED) is 0.455. The van der Waals surface area contributed by atoms with Crippen LogP contribution in [0.15, 0.2) is 65.6 Å². The molecule has 0 unspecified atom stereocenters. The van der Waals surface area contributed by atoms with Crippen molar-refractivity contribution in [3.8, 4) is 23.0 Å². The van der Waals surface area contributed by atoms with E-state index in [1.165, 1.54) is 32.4 Å². The zero-order valence-corrected chi connectivity index (χ0v) is 22.0. The van der Waals surface area contributed by atoms with Crippen molar-refractivity contribution in [1.82, 2.24) is 5.32 Å². The van der Waals surface area contributed by atoms with Crippen LogP contribution in [0.25, 0.3) is 0 Å². The number of hydrogen-bond donors (Lipinski definition) is 1. The molecule has 1 amide bonds. The molecule has 3 aromatic carbocycles. The fourth-order valence-corrected chi connectivity index (χ4v) is 5.51. The van der Waals surface area contributed by atoms with E-state index in [4.69, 9.17) is 18.9 Å². The van der Waals surface area contributed by atoms with Crippen molar-refractivity contribution in [2.75, 3.05) is 38.2 Å². The summed E-state index contributed by atoms with van der Waals surface area (Å²) in [7, 11) is -1.24. The fourth-order valence-electron chi connectivity index (χ4n) is 4.09. The summed E-state index contributed by atoms with van der Waals surface area (Å²) in [6.45, 7) is 3.74. The molecule has 3 aromatic rings. The van der Waals surface area contributed by atoms with Gasteiger partial charge in [0.05, 0.1) is 31.3 Å². The van der Waals surface area contributed by atoms with Gasteiger partial charge in [-0.2, -0.15) is 0 Å². The molecule has 0 aromatic heterocycles. The van der Waals surface area contributed by atoms with Gasteiger partial charge >= 0.3 is 0 Å². The maximum absolute atomic E-state index is 13.8. The van der Waals surface area contributed by atoms with Gasteiger partial charge in [-0.25, -0.2) is 8.42 Å². The first kappa shape index (κ1) is 26.2. The summed E-state index contributed by atoms with van der Waals surface area (Å²) in [4.78, 5) is 13.0. The van der Waals surface area contributed by atoms with E-state index in [0.29, 0.717) is 22.9 Å². The number of carbonyl (C=O) groups is 1. The highest BCUT2D eigenvalue weighted by Crippen LogP contribution is 2.33. The Morgan fingerprint density at radius 3 is 2.32 bits per heavy atom. The molecule has 4 rings (SSSR count). The molecule has 1 aliphatic rings. The SMILES string of the molecule is COc1ccc(S(=O)(=O)N(CC(=O)NC[C@H]2COc3ccccc3O2)c2cc(C)cc(C)c2)cc1OC. The van der Waals surface area contributed by atoms with Gasteiger partial charge in [0.1, 0.15) is 19.3 Å². The van der Waals surface area contributed by atoms with Gasteiger partial charge in [-0.05, 0) is 61.4 Å². The van der Waals surface area contributed by atoms with Crippen LogP contribution in [0.4, 0.5) is 5.69 Å². The second kappa shape index (κ2) is 11.0. The van der Waals surface area contributed by atoms with E-state index in [1.54, 1.807) is 18.2 Å². The number of aryl methyl sites for hydroxylation is 2. The topological polar surface area (TPSA) is 103 Å². The van der Waals surface area contributed by atoms with E-state index < -0.39 is 28.6 Å². The summed E-state index contributed by atoms with van der Waals surface area (Å²) in [5, 5.41) is 2.78. The predicted molar refractivity (Wildman–Crippen MR) is 139 cm³/mol. The second-order valence-electron chi connectivity index (χ2n) is 8.68. The van der Waals surface area contributed by atoms with Crippen LogP contribution < -0.4 is 28.6 Å². The highest BCUT2D eigenvalue weighted by Gasteiger charge is 2.29. The molecular weight excluding hydrogens is 496 g/mol. The monoisotopic (exact) mass is 526 g/mol. The second-order valence-corrected chi connectivity index (χ2v) is 10.5. The molecule has 1 N–H and O–H groups in total. The minimum atomic E-state index is -4.14. The zero-order chi connectivity index (χ0) is 26.6. The molecular formula is C27H30N2O7S. The number of anilines is 1. The first-order valence-electron chi connectivity index (χ1n) is 11.7. The van der Waals surface area contributed by atoms with Crippen LogP contribution in [0.3, 0.4) is 0 Å². The van der Waals surface area contributed by atoms with Crippen molar-refractivity contribution < 1.29 is 32.2 Å². The number of carbonyl (C=O) groups excluding carboxylic acids is 1. The van der Waals surface area contributed by atoms with E-state index in [9.17, 15) is 13.2 Å². The number of sulfonamides is 1. The van der Waals surface area contributed by atoms with Crippen LogP contribution in [-0.2, 0) is 14.8 Å². The summed E-state index contributed by atoms with van der Waals surface area (Å²) >= 11 is 0. The Balaban J connectivity index is 1.57. The van der Waals surface area contributed by atoms with E-state index in [-0.39, 0.29) is 23.8 Å². The summed E-state index contributed by atoms with van der Waals surface area (Å²) in [5.74, 6) is 1.43. The molecule has 1 heterocycles. The fraction of sp³-hybridized carbons (Fsp3) is 0.296. The summed E-state index contributed by atoms with van der Waals surface area (Å²) in [5.41, 5.74) is 2.12. The van der Waals surface area contributed by atoms with E-state index in [0.717, 1.165) is 15.4 Å². The van der Waals surface area contributed by atoms with Gasteiger partial charge in [-0.15, -0.1) is 0 Å². The zero-order valence-electron chi connectivity index (χ0n) is 21.2. The molecule has 0 saturated heterocycles. The van der Waals surface area contributed by atoms with E-state index in [2.05, 4.69) is 5.32 Å². The highest BCUT2D eigenvalue weighted by atomic mass is 32.2. The lowest BCUT2D eigenvalue weighted by Gasteiger charge is -2.28. The minimum Gasteiger partial charge on any atom is -0.493 e. The smallest absolute Gasteiger partial charge is 0.264 e. The summed E-state index contributed by atoms with van der Waals surface area (Å²) in [6, 6.07) is 17.0. The van der Waals surface area contributed by atoms with Gasteiger partial charge in [-0.3, -0.25) is 9.10 Å². The number of methoxy groups -OCH3 is 2. The summed E-state index contributed by atoms with van der Waals surface area (Å²) in [6.07, 6.45) is -0.407. The number of para-hydroxylation sites is 2. The van der Waals surface area contributed by atoms with Crippen molar-refractivity contribution in [1.29, 1.82) is 0 Å². The molecule has 1 aliphatic heterocycles. The van der Waals surface area contributed by atoms with Crippen molar-refractivity contribution in [3.05, 3.63) is 71.8 Å². The average Bonchev–Trinajstić information content (AvgIpc) is 2.89. The van der Waals surface area contributed by atoms with Crippen LogP contribution >= 0.6 is 0 Å². The molecule has 0 aliphatic carbocycles. The van der Waals surface area contributed by atoms with E-state index in [1.807, 2.05) is 38.1 Å². The molecule has 0 saturated carbocycles. The normalized spacial score (nSPS) is 14.5. The molecule has 10 heteroatoms. The maximum atomic E-state index is 13.8. The lowest BCUT2D eigenvalue weighted by molar-refractivity contribution is -0.120. The number of amides is 1. The Morgan fingerprint density at radius 2 is 1.65 bits per heavy atom. The molecule has 1 atom stereocenters. The van der Waals surface area contributed by atoms with Gasteiger partial charge < -0.3 is 24.3 Å². The van der Waals surface area contributed by atoms with Crippen LogP contribution in [0.2, 0.25) is 0 Å². The molecule has 0 fully saturated rings. The van der Waals surface area contributed by atoms with Gasteiger partial charge in [0.2, 0.25) is 5.91 Å². The lowest BCUT2D eigenvalue weighted by Crippen LogP contribution is -2.45. The van der Waals surface area contributed by atoms with Gasteiger partial charge in [0.15, 0.2) is 23.0 Å². The highest BCUT2D eigenvalue weighted by molar-refractivity contribution is 7.92. The lowest BCUT2D eigenvalue weighted by atomic mass is 10.1. The third-order valence-electron chi connectivity index (χ3n) is 5.82. The largest absolute Gasteiger partial charge is 0.493 e. The summed E-state index contributed by atoms with van der Waals surface area (Å²) < 4.78 is 50.8. The first-order chi connectivity index (χ1) is 17.7. The number of ether oxygens (including phenoxy) is 4. The Kier molecular flexibility index (Phi) is 7.77. The standard InChI is InChI=1S/C27H30N2O7S/c1-18-11-19(2)13-20(12-18)29(37(31,32)22-9-10-23(33-3)26(14-22)34-4)16-27(30)28-15-21-17-35-24-7-5-6-8-25(24)36-21/h5-14,21H,15-17H2,1-4H3,(H,28,30)/t21-/m0/s1. The number of rotatable bonds is 9. The van der Waals surface area contributed by atoms with Gasteiger partial charge in [-0.1, -0.05) is 18.2 Å². The van der Waals surface area contributed by atoms with Crippen molar-refractivity contribution >= 4 is 21.6 Å². The van der Waals surface area contributed by atoms with Gasteiger partial charge in [0, 0.05) is 6.07 Å². The molecule has 0 radical (unpaired) electrons. The van der Waals surface area contributed by atoms with Crippen LogP contribution in [0, 0.1) is 13.8 Å². The molecule has 9 nitrogen and oxygen atoms in total. The Hall–Kier alpha value is -3.92. The average molecular weight is 527 g/mol. The molecule has 0 bridgehead atoms. The van der Waals surface area contributed by atoms with Crippen molar-refractivity contribution in [2.24, 2.45) is 0 Å². The molecule has 0 spiro atoms. The minimum absolute atomic E-state index is 0.0299. The molecule has 37 heavy (non-hydrogen) atoms. The van der Waals surface area contributed by atoms with Gasteiger partial charge in [0.25, 0.3) is 10.0 Å². The van der Waals surface area contributed by atoms with Crippen LogP contribution in [0.5, 0.6) is 23.0 Å². The third kappa shape index (κ3) is 5.91.